The molecule has 0 amide bonds. The second-order valence-electron chi connectivity index (χ2n) is 3.68. The molecular formula is C10H18N2O. The molecule has 13 heavy (non-hydrogen) atoms. The van der Waals surface area contributed by atoms with Crippen LogP contribution >= 0.6 is 0 Å². The van der Waals surface area contributed by atoms with E-state index in [-0.39, 0.29) is 5.41 Å². The molecule has 3 nitrogen and oxygen atoms in total. The highest BCUT2D eigenvalue weighted by Gasteiger charge is 2.30. The Bertz CT molecular complexity index is 266. The predicted octanol–water partition coefficient (Wildman–Crippen LogP) is 2.08. The van der Waals surface area contributed by atoms with Gasteiger partial charge in [0, 0.05) is 24.1 Å². The van der Waals surface area contributed by atoms with Gasteiger partial charge >= 0.3 is 0 Å². The second-order valence-corrected chi connectivity index (χ2v) is 3.68. The van der Waals surface area contributed by atoms with E-state index in [9.17, 15) is 0 Å². The summed E-state index contributed by atoms with van der Waals surface area (Å²) in [5.41, 5.74) is 2.43. The molecule has 0 saturated heterocycles. The summed E-state index contributed by atoms with van der Waals surface area (Å²) in [4.78, 5) is 0. The fourth-order valence-corrected chi connectivity index (χ4v) is 1.53. The van der Waals surface area contributed by atoms with Crippen molar-refractivity contribution in [2.24, 2.45) is 0 Å². The van der Waals surface area contributed by atoms with E-state index in [1.807, 2.05) is 13.8 Å². The van der Waals surface area contributed by atoms with Crippen molar-refractivity contribution >= 4 is 0 Å². The van der Waals surface area contributed by atoms with Crippen LogP contribution in [0.1, 0.15) is 39.0 Å². The third kappa shape index (κ3) is 1.91. The summed E-state index contributed by atoms with van der Waals surface area (Å²) in [5, 5.41) is 7.31. The third-order valence-electron chi connectivity index (χ3n) is 2.17. The van der Waals surface area contributed by atoms with Crippen LogP contribution in [0.15, 0.2) is 10.8 Å². The summed E-state index contributed by atoms with van der Waals surface area (Å²) in [6.07, 6.45) is 1.73. The Balaban J connectivity index is 0.000000396. The molecule has 1 aliphatic rings. The molecule has 0 spiro atoms. The Labute approximate surface area is 79.5 Å². The summed E-state index contributed by atoms with van der Waals surface area (Å²) in [7, 11) is 0. The molecule has 1 aliphatic heterocycles. The average Bonchev–Trinajstić information content (AvgIpc) is 2.56. The highest BCUT2D eigenvalue weighted by atomic mass is 16.5. The Morgan fingerprint density at radius 2 is 2.15 bits per heavy atom. The molecule has 0 atom stereocenters. The van der Waals surface area contributed by atoms with Gasteiger partial charge in [0.1, 0.15) is 6.26 Å². The first-order chi connectivity index (χ1) is 6.20. The van der Waals surface area contributed by atoms with E-state index < -0.39 is 0 Å². The molecule has 1 aromatic rings. The SMILES string of the molecule is CC.CC1(C)CNCc2conc21. The van der Waals surface area contributed by atoms with E-state index in [2.05, 4.69) is 24.3 Å². The largest absolute Gasteiger partial charge is 0.364 e. The number of rotatable bonds is 0. The third-order valence-corrected chi connectivity index (χ3v) is 2.17. The molecule has 1 N–H and O–H groups in total. The topological polar surface area (TPSA) is 38.1 Å². The minimum atomic E-state index is 0.126. The normalized spacial score (nSPS) is 18.5. The number of hydrogen-bond acceptors (Lipinski definition) is 3. The first kappa shape index (κ1) is 10.3. The smallest absolute Gasteiger partial charge is 0.128 e. The molecule has 0 fully saturated rings. The van der Waals surface area contributed by atoms with Crippen molar-refractivity contribution in [3.8, 4) is 0 Å². The Hall–Kier alpha value is -0.830. The standard InChI is InChI=1S/C8H12N2O.C2H6/c1-8(2)5-9-3-6-4-11-10-7(6)8;1-2/h4,9H,3,5H2,1-2H3;1-2H3. The van der Waals surface area contributed by atoms with Gasteiger partial charge in [-0.25, -0.2) is 0 Å². The molecular weight excluding hydrogens is 164 g/mol. The zero-order valence-electron chi connectivity index (χ0n) is 8.85. The lowest BCUT2D eigenvalue weighted by Crippen LogP contribution is -2.38. The zero-order chi connectivity index (χ0) is 9.90. The second kappa shape index (κ2) is 3.92. The molecule has 2 heterocycles. The lowest BCUT2D eigenvalue weighted by molar-refractivity contribution is 0.373. The molecule has 1 aromatic heterocycles. The van der Waals surface area contributed by atoms with Crippen LogP contribution in [0.3, 0.4) is 0 Å². The Kier molecular flexibility index (Phi) is 3.09. The highest BCUT2D eigenvalue weighted by Crippen LogP contribution is 2.27. The van der Waals surface area contributed by atoms with Crippen LogP contribution < -0.4 is 5.32 Å². The van der Waals surface area contributed by atoms with E-state index in [4.69, 9.17) is 4.52 Å². The molecule has 74 valence electrons. The first-order valence-corrected chi connectivity index (χ1v) is 4.84. The molecule has 3 heteroatoms. The van der Waals surface area contributed by atoms with Crippen molar-refractivity contribution < 1.29 is 4.52 Å². The van der Waals surface area contributed by atoms with Gasteiger partial charge in [-0.3, -0.25) is 0 Å². The number of fused-ring (bicyclic) bond motifs is 1. The minimum Gasteiger partial charge on any atom is -0.364 e. The summed E-state index contributed by atoms with van der Waals surface area (Å²) in [5.74, 6) is 0. The number of nitrogens with one attached hydrogen (secondary N) is 1. The average molecular weight is 182 g/mol. The van der Waals surface area contributed by atoms with Crippen LogP contribution in [0.5, 0.6) is 0 Å². The lowest BCUT2D eigenvalue weighted by atomic mass is 9.84. The summed E-state index contributed by atoms with van der Waals surface area (Å²) >= 11 is 0. The Morgan fingerprint density at radius 1 is 1.46 bits per heavy atom. The summed E-state index contributed by atoms with van der Waals surface area (Å²) < 4.78 is 4.91. The molecule has 0 aliphatic carbocycles. The molecule has 0 saturated carbocycles. The zero-order valence-corrected chi connectivity index (χ0v) is 8.85. The van der Waals surface area contributed by atoms with Crippen LogP contribution in [0.25, 0.3) is 0 Å². The van der Waals surface area contributed by atoms with Crippen LogP contribution in [0.4, 0.5) is 0 Å². The highest BCUT2D eigenvalue weighted by molar-refractivity contribution is 5.25. The molecule has 0 unspecified atom stereocenters. The molecule has 0 radical (unpaired) electrons. The maximum atomic E-state index is 4.91. The van der Waals surface area contributed by atoms with Gasteiger partial charge in [0.05, 0.1) is 5.69 Å². The fraction of sp³-hybridized carbons (Fsp3) is 0.700. The van der Waals surface area contributed by atoms with Crippen LogP contribution in [-0.2, 0) is 12.0 Å². The predicted molar refractivity (Wildman–Crippen MR) is 52.6 cm³/mol. The van der Waals surface area contributed by atoms with Gasteiger partial charge in [0.15, 0.2) is 0 Å². The summed E-state index contributed by atoms with van der Waals surface area (Å²) in [6, 6.07) is 0. The van der Waals surface area contributed by atoms with E-state index in [1.165, 1.54) is 5.56 Å². The molecule has 0 bridgehead atoms. The maximum absolute atomic E-state index is 4.91. The number of nitrogens with zero attached hydrogens (tertiary/aromatic N) is 1. The van der Waals surface area contributed by atoms with Gasteiger partial charge in [0.2, 0.25) is 0 Å². The van der Waals surface area contributed by atoms with Gasteiger partial charge in [0.25, 0.3) is 0 Å². The fourth-order valence-electron chi connectivity index (χ4n) is 1.53. The van der Waals surface area contributed by atoms with Gasteiger partial charge in [-0.1, -0.05) is 32.9 Å². The first-order valence-electron chi connectivity index (χ1n) is 4.84. The molecule has 0 aromatic carbocycles. The Morgan fingerprint density at radius 3 is 2.77 bits per heavy atom. The van der Waals surface area contributed by atoms with Gasteiger partial charge < -0.3 is 9.84 Å². The van der Waals surface area contributed by atoms with Crippen molar-refractivity contribution in [2.45, 2.75) is 39.7 Å². The van der Waals surface area contributed by atoms with Crippen molar-refractivity contribution in [2.75, 3.05) is 6.54 Å². The van der Waals surface area contributed by atoms with E-state index in [1.54, 1.807) is 6.26 Å². The van der Waals surface area contributed by atoms with E-state index in [0.717, 1.165) is 18.8 Å². The summed E-state index contributed by atoms with van der Waals surface area (Å²) in [6.45, 7) is 10.2. The molecule has 2 rings (SSSR count). The van der Waals surface area contributed by atoms with Gasteiger partial charge in [-0.2, -0.15) is 0 Å². The monoisotopic (exact) mass is 182 g/mol. The maximum Gasteiger partial charge on any atom is 0.128 e. The van der Waals surface area contributed by atoms with Crippen LogP contribution in [0.2, 0.25) is 0 Å². The van der Waals surface area contributed by atoms with Crippen LogP contribution in [0, 0.1) is 0 Å². The van der Waals surface area contributed by atoms with E-state index >= 15 is 0 Å². The lowest BCUT2D eigenvalue weighted by Gasteiger charge is -2.27. The van der Waals surface area contributed by atoms with Crippen LogP contribution in [-0.4, -0.2) is 11.7 Å². The minimum absolute atomic E-state index is 0.126. The van der Waals surface area contributed by atoms with E-state index in [0.29, 0.717) is 0 Å². The van der Waals surface area contributed by atoms with Gasteiger partial charge in [-0.15, -0.1) is 0 Å². The number of hydrogen-bond donors (Lipinski definition) is 1. The van der Waals surface area contributed by atoms with Crippen molar-refractivity contribution in [3.05, 3.63) is 17.5 Å². The van der Waals surface area contributed by atoms with Crippen molar-refractivity contribution in [3.63, 3.8) is 0 Å². The number of aromatic nitrogens is 1. The van der Waals surface area contributed by atoms with Crippen molar-refractivity contribution in [1.82, 2.24) is 10.5 Å². The van der Waals surface area contributed by atoms with Gasteiger partial charge in [-0.05, 0) is 0 Å². The quantitative estimate of drug-likeness (QED) is 0.667. The van der Waals surface area contributed by atoms with Crippen molar-refractivity contribution in [1.29, 1.82) is 0 Å².